The fraction of sp³-hybridized carbons (Fsp3) is 0.333. The van der Waals surface area contributed by atoms with Crippen LogP contribution in [0, 0.1) is 12.7 Å². The maximum atomic E-state index is 13.4. The maximum absolute atomic E-state index is 13.4. The molecule has 1 atom stereocenters. The molecule has 3 rings (SSSR count). The second-order valence-electron chi connectivity index (χ2n) is 5.20. The van der Waals surface area contributed by atoms with Gasteiger partial charge in [0.05, 0.1) is 12.2 Å². The Kier molecular flexibility index (Phi) is 4.06. The van der Waals surface area contributed by atoms with E-state index in [2.05, 4.69) is 4.99 Å². The summed E-state index contributed by atoms with van der Waals surface area (Å²) < 4.78 is 28.2. The first-order valence-electron chi connectivity index (χ1n) is 6.95. The van der Waals surface area contributed by atoms with Gasteiger partial charge < -0.3 is 4.90 Å². The van der Waals surface area contributed by atoms with Crippen LogP contribution in [-0.2, 0) is 0 Å². The number of aryl methyl sites for hydroxylation is 1. The fourth-order valence-corrected chi connectivity index (χ4v) is 3.21. The highest BCUT2D eigenvalue weighted by Crippen LogP contribution is 2.14. The van der Waals surface area contributed by atoms with Crippen LogP contribution in [0.5, 0.6) is 0 Å². The van der Waals surface area contributed by atoms with Crippen molar-refractivity contribution in [3.8, 4) is 5.69 Å². The van der Waals surface area contributed by atoms with Crippen molar-refractivity contribution >= 4 is 17.4 Å². The summed E-state index contributed by atoms with van der Waals surface area (Å²) in [6.07, 6.45) is 1.18. The number of nitrogens with zero attached hydrogens (tertiary/aromatic N) is 3. The molecule has 2 heterocycles. The van der Waals surface area contributed by atoms with Crippen LogP contribution < -0.4 is 4.80 Å². The van der Waals surface area contributed by atoms with Crippen LogP contribution in [0.2, 0.25) is 0 Å². The number of halogens is 2. The molecule has 0 unspecified atom stereocenters. The van der Waals surface area contributed by atoms with Gasteiger partial charge in [-0.1, -0.05) is 6.07 Å². The minimum atomic E-state index is -0.973. The number of carbonyl (C=O) groups excluding carboxylic acids is 1. The number of rotatable bonds is 1. The van der Waals surface area contributed by atoms with Crippen molar-refractivity contribution < 1.29 is 13.6 Å². The van der Waals surface area contributed by atoms with Crippen LogP contribution in [0.3, 0.4) is 0 Å². The van der Waals surface area contributed by atoms with Gasteiger partial charge in [0.1, 0.15) is 12.0 Å². The van der Waals surface area contributed by atoms with Gasteiger partial charge in [0.25, 0.3) is 0 Å². The van der Waals surface area contributed by atoms with Gasteiger partial charge in [-0.3, -0.25) is 4.57 Å². The molecule has 0 radical (unpaired) electrons. The van der Waals surface area contributed by atoms with Crippen molar-refractivity contribution in [1.82, 2.24) is 9.47 Å². The molecule has 116 valence electrons. The van der Waals surface area contributed by atoms with Crippen molar-refractivity contribution in [3.63, 3.8) is 0 Å². The first-order valence-corrected chi connectivity index (χ1v) is 7.77. The monoisotopic (exact) mass is 323 g/mol. The third-order valence-corrected chi connectivity index (χ3v) is 4.35. The zero-order chi connectivity index (χ0) is 15.7. The van der Waals surface area contributed by atoms with Crippen LogP contribution in [0.1, 0.15) is 11.3 Å². The molecular weight excluding hydrogens is 308 g/mol. The zero-order valence-electron chi connectivity index (χ0n) is 12.0. The van der Waals surface area contributed by atoms with E-state index in [0.29, 0.717) is 23.5 Å². The standard InChI is InChI=1S/C15H15F2N3OS/c1-10-8-20(13-4-2-3-11(16)7-13)15(22-10)18-14(21)19-6-5-12(17)9-19/h2-4,7-8,12H,5-6,9H2,1H3/t12-/m1/s1. The van der Waals surface area contributed by atoms with Gasteiger partial charge in [-0.25, -0.2) is 13.6 Å². The molecule has 0 bridgehead atoms. The zero-order valence-corrected chi connectivity index (χ0v) is 12.8. The molecule has 0 spiro atoms. The largest absolute Gasteiger partial charge is 0.346 e. The fourth-order valence-electron chi connectivity index (χ4n) is 2.39. The molecule has 0 aliphatic carbocycles. The van der Waals surface area contributed by atoms with E-state index in [0.717, 1.165) is 4.88 Å². The second kappa shape index (κ2) is 6.00. The van der Waals surface area contributed by atoms with Crippen LogP contribution in [-0.4, -0.2) is 34.8 Å². The number of benzene rings is 1. The molecule has 0 N–H and O–H groups in total. The van der Waals surface area contributed by atoms with E-state index < -0.39 is 12.2 Å². The van der Waals surface area contributed by atoms with Gasteiger partial charge in [-0.15, -0.1) is 11.3 Å². The topological polar surface area (TPSA) is 37.6 Å². The average Bonchev–Trinajstić information content (AvgIpc) is 3.05. The Labute approximate surface area is 130 Å². The van der Waals surface area contributed by atoms with E-state index in [-0.39, 0.29) is 12.4 Å². The molecule has 2 amide bonds. The Hall–Kier alpha value is -2.02. The van der Waals surface area contributed by atoms with E-state index in [9.17, 15) is 13.6 Å². The molecule has 4 nitrogen and oxygen atoms in total. The first-order chi connectivity index (χ1) is 10.5. The van der Waals surface area contributed by atoms with Crippen molar-refractivity contribution in [1.29, 1.82) is 0 Å². The summed E-state index contributed by atoms with van der Waals surface area (Å²) in [6.45, 7) is 2.36. The second-order valence-corrected chi connectivity index (χ2v) is 6.41. The molecule has 1 aromatic heterocycles. The van der Waals surface area contributed by atoms with Crippen LogP contribution in [0.4, 0.5) is 13.6 Å². The van der Waals surface area contributed by atoms with Crippen molar-refractivity contribution in [2.45, 2.75) is 19.5 Å². The quantitative estimate of drug-likeness (QED) is 0.795. The molecular formula is C15H15F2N3OS. The van der Waals surface area contributed by atoms with Gasteiger partial charge in [0, 0.05) is 17.6 Å². The van der Waals surface area contributed by atoms with Crippen molar-refractivity contribution in [3.05, 3.63) is 46.0 Å². The number of thiazole rings is 1. The Bertz CT molecular complexity index is 768. The van der Waals surface area contributed by atoms with E-state index in [1.165, 1.54) is 28.4 Å². The number of alkyl halides is 1. The molecule has 1 saturated heterocycles. The van der Waals surface area contributed by atoms with E-state index in [4.69, 9.17) is 0 Å². The lowest BCUT2D eigenvalue weighted by molar-refractivity contribution is 0.213. The normalized spacial score (nSPS) is 19.0. The molecule has 22 heavy (non-hydrogen) atoms. The van der Waals surface area contributed by atoms with Crippen molar-refractivity contribution in [2.24, 2.45) is 4.99 Å². The molecule has 1 aliphatic rings. The molecule has 1 fully saturated rings. The van der Waals surface area contributed by atoms with Crippen molar-refractivity contribution in [2.75, 3.05) is 13.1 Å². The SMILES string of the molecule is Cc1cn(-c2cccc(F)c2)c(=NC(=O)N2CC[C@@H](F)C2)s1. The predicted octanol–water partition coefficient (Wildman–Crippen LogP) is 3.05. The molecule has 2 aromatic rings. The van der Waals surface area contributed by atoms with E-state index >= 15 is 0 Å². The molecule has 1 aliphatic heterocycles. The average molecular weight is 323 g/mol. The highest BCUT2D eigenvalue weighted by atomic mass is 32.1. The maximum Gasteiger partial charge on any atom is 0.346 e. The lowest BCUT2D eigenvalue weighted by Crippen LogP contribution is -2.28. The highest BCUT2D eigenvalue weighted by Gasteiger charge is 2.25. The Morgan fingerprint density at radius 3 is 2.95 bits per heavy atom. The summed E-state index contributed by atoms with van der Waals surface area (Å²) in [4.78, 5) is 19.0. The van der Waals surface area contributed by atoms with Crippen LogP contribution >= 0.6 is 11.3 Å². The summed E-state index contributed by atoms with van der Waals surface area (Å²) in [6, 6.07) is 5.63. The number of amides is 2. The third kappa shape index (κ3) is 3.09. The van der Waals surface area contributed by atoms with Gasteiger partial charge in [-0.05, 0) is 31.5 Å². The third-order valence-electron chi connectivity index (χ3n) is 3.45. The molecule has 7 heteroatoms. The summed E-state index contributed by atoms with van der Waals surface area (Å²) in [5.41, 5.74) is 0.598. The smallest absolute Gasteiger partial charge is 0.320 e. The minimum absolute atomic E-state index is 0.0899. The van der Waals surface area contributed by atoms with Crippen LogP contribution in [0.25, 0.3) is 5.69 Å². The number of aromatic nitrogens is 1. The number of likely N-dealkylation sites (tertiary alicyclic amines) is 1. The van der Waals surface area contributed by atoms with E-state index in [1.807, 2.05) is 6.92 Å². The van der Waals surface area contributed by atoms with Gasteiger partial charge in [-0.2, -0.15) is 4.99 Å². The number of hydrogen-bond donors (Lipinski definition) is 0. The molecule has 0 saturated carbocycles. The number of urea groups is 1. The first kappa shape index (κ1) is 14.9. The summed E-state index contributed by atoms with van der Waals surface area (Å²) >= 11 is 1.34. The predicted molar refractivity (Wildman–Crippen MR) is 80.4 cm³/mol. The van der Waals surface area contributed by atoms with E-state index in [1.54, 1.807) is 22.9 Å². The Morgan fingerprint density at radius 1 is 1.45 bits per heavy atom. The van der Waals surface area contributed by atoms with Gasteiger partial charge in [0.15, 0.2) is 4.80 Å². The van der Waals surface area contributed by atoms with Gasteiger partial charge >= 0.3 is 6.03 Å². The highest BCUT2D eigenvalue weighted by molar-refractivity contribution is 7.09. The van der Waals surface area contributed by atoms with Gasteiger partial charge in [0.2, 0.25) is 0 Å². The summed E-state index contributed by atoms with van der Waals surface area (Å²) in [7, 11) is 0. The lowest BCUT2D eigenvalue weighted by Gasteiger charge is -2.10. The Morgan fingerprint density at radius 2 is 2.27 bits per heavy atom. The summed E-state index contributed by atoms with van der Waals surface area (Å²) in [5, 5.41) is 0. The molecule has 1 aromatic carbocycles. The minimum Gasteiger partial charge on any atom is -0.320 e. The summed E-state index contributed by atoms with van der Waals surface area (Å²) in [5.74, 6) is -0.356. The van der Waals surface area contributed by atoms with Crippen LogP contribution in [0.15, 0.2) is 35.5 Å². The number of carbonyl (C=O) groups is 1. The Balaban J connectivity index is 1.97. The lowest BCUT2D eigenvalue weighted by atomic mass is 10.3. The number of hydrogen-bond acceptors (Lipinski definition) is 2.